The van der Waals surface area contributed by atoms with Crippen molar-refractivity contribution >= 4 is 17.2 Å². The minimum absolute atomic E-state index is 0.136. The maximum Gasteiger partial charge on any atom is 0.433 e. The Morgan fingerprint density at radius 1 is 1.27 bits per heavy atom. The predicted octanol–water partition coefficient (Wildman–Crippen LogP) is 4.95. The minimum Gasteiger partial charge on any atom is -0.338 e. The van der Waals surface area contributed by atoms with Crippen LogP contribution in [-0.2, 0) is 6.18 Å². The van der Waals surface area contributed by atoms with Gasteiger partial charge >= 0.3 is 6.18 Å². The molecule has 3 aromatic heterocycles. The summed E-state index contributed by atoms with van der Waals surface area (Å²) >= 11 is 1.33. The molecule has 0 N–H and O–H groups in total. The Balaban J connectivity index is 1.65. The van der Waals surface area contributed by atoms with Crippen LogP contribution in [0.15, 0.2) is 42.0 Å². The van der Waals surface area contributed by atoms with Crippen LogP contribution < -0.4 is 0 Å². The number of likely N-dealkylation sites (tertiary alicyclic amines) is 1. The highest BCUT2D eigenvalue weighted by Crippen LogP contribution is 2.34. The quantitative estimate of drug-likeness (QED) is 0.588. The number of hydrogen-bond acceptors (Lipinski definition) is 5. The second-order valence-electron chi connectivity index (χ2n) is 7.25. The van der Waals surface area contributed by atoms with Gasteiger partial charge in [-0.2, -0.15) is 13.2 Å². The number of hydrogen-bond donors (Lipinski definition) is 0. The molecule has 4 rings (SSSR count). The van der Waals surface area contributed by atoms with E-state index in [4.69, 9.17) is 0 Å². The van der Waals surface area contributed by atoms with Crippen molar-refractivity contribution in [1.82, 2.24) is 19.9 Å². The van der Waals surface area contributed by atoms with Gasteiger partial charge in [-0.1, -0.05) is 6.07 Å². The van der Waals surface area contributed by atoms with Crippen molar-refractivity contribution in [2.75, 3.05) is 13.1 Å². The Kier molecular flexibility index (Phi) is 5.55. The lowest BCUT2D eigenvalue weighted by atomic mass is 9.96. The number of aryl methyl sites for hydroxylation is 1. The van der Waals surface area contributed by atoms with Crippen LogP contribution in [0.5, 0.6) is 0 Å². The largest absolute Gasteiger partial charge is 0.433 e. The van der Waals surface area contributed by atoms with E-state index in [1.807, 2.05) is 6.92 Å². The highest BCUT2D eigenvalue weighted by atomic mass is 32.1. The molecule has 9 heteroatoms. The molecule has 1 saturated heterocycles. The van der Waals surface area contributed by atoms with Crippen molar-refractivity contribution in [1.29, 1.82) is 0 Å². The molecule has 156 valence electrons. The van der Waals surface area contributed by atoms with Crippen molar-refractivity contribution in [2.45, 2.75) is 31.9 Å². The Morgan fingerprint density at radius 2 is 2.10 bits per heavy atom. The molecule has 1 aliphatic rings. The van der Waals surface area contributed by atoms with Crippen molar-refractivity contribution in [2.24, 2.45) is 0 Å². The van der Waals surface area contributed by atoms with E-state index < -0.39 is 11.9 Å². The third kappa shape index (κ3) is 4.21. The van der Waals surface area contributed by atoms with Crippen LogP contribution in [0.25, 0.3) is 10.6 Å². The van der Waals surface area contributed by atoms with Crippen molar-refractivity contribution in [3.63, 3.8) is 0 Å². The van der Waals surface area contributed by atoms with Gasteiger partial charge in [0.2, 0.25) is 0 Å². The molecule has 0 unspecified atom stereocenters. The van der Waals surface area contributed by atoms with E-state index >= 15 is 0 Å². The number of aromatic nitrogens is 3. The maximum atomic E-state index is 13.5. The molecule has 1 aliphatic heterocycles. The van der Waals surface area contributed by atoms with Crippen LogP contribution in [-0.4, -0.2) is 38.8 Å². The summed E-state index contributed by atoms with van der Waals surface area (Å²) in [6.45, 7) is 2.64. The van der Waals surface area contributed by atoms with E-state index in [1.165, 1.54) is 11.3 Å². The van der Waals surface area contributed by atoms with E-state index in [0.717, 1.165) is 11.6 Å². The summed E-state index contributed by atoms with van der Waals surface area (Å²) in [4.78, 5) is 27.6. The summed E-state index contributed by atoms with van der Waals surface area (Å²) in [5.74, 6) is -0.368. The van der Waals surface area contributed by atoms with Crippen LogP contribution in [0.4, 0.5) is 13.2 Å². The highest BCUT2D eigenvalue weighted by molar-refractivity contribution is 7.13. The number of thiophene rings is 1. The lowest BCUT2D eigenvalue weighted by Crippen LogP contribution is -2.40. The molecular weight excluding hydrogens is 413 g/mol. The summed E-state index contributed by atoms with van der Waals surface area (Å²) in [6, 6.07) is 6.16. The van der Waals surface area contributed by atoms with E-state index in [-0.39, 0.29) is 29.9 Å². The molecule has 4 heterocycles. The third-order valence-corrected chi connectivity index (χ3v) is 6.02. The first kappa shape index (κ1) is 20.5. The van der Waals surface area contributed by atoms with Gasteiger partial charge in [-0.05, 0) is 48.9 Å². The predicted molar refractivity (Wildman–Crippen MR) is 107 cm³/mol. The normalized spacial score (nSPS) is 17.2. The van der Waals surface area contributed by atoms with Gasteiger partial charge in [-0.3, -0.25) is 9.78 Å². The fourth-order valence-electron chi connectivity index (χ4n) is 3.60. The van der Waals surface area contributed by atoms with Crippen molar-refractivity contribution in [3.8, 4) is 10.6 Å². The summed E-state index contributed by atoms with van der Waals surface area (Å²) in [5, 5.41) is 1.79. The number of carbonyl (C=O) groups is 1. The fraction of sp³-hybridized carbons (Fsp3) is 0.333. The smallest absolute Gasteiger partial charge is 0.338 e. The van der Waals surface area contributed by atoms with E-state index in [2.05, 4.69) is 15.0 Å². The maximum absolute atomic E-state index is 13.5. The number of piperidine rings is 1. The second kappa shape index (κ2) is 8.14. The van der Waals surface area contributed by atoms with Gasteiger partial charge in [-0.15, -0.1) is 11.3 Å². The zero-order valence-electron chi connectivity index (χ0n) is 16.2. The average molecular weight is 432 g/mol. The fourth-order valence-corrected chi connectivity index (χ4v) is 4.29. The van der Waals surface area contributed by atoms with Crippen LogP contribution in [0.3, 0.4) is 0 Å². The summed E-state index contributed by atoms with van der Waals surface area (Å²) in [5.41, 5.74) is 0.620. The first-order valence-electron chi connectivity index (χ1n) is 9.53. The number of amides is 1. The van der Waals surface area contributed by atoms with Gasteiger partial charge in [-0.25, -0.2) is 9.97 Å². The molecule has 30 heavy (non-hydrogen) atoms. The molecule has 0 radical (unpaired) electrons. The van der Waals surface area contributed by atoms with E-state index in [1.54, 1.807) is 40.9 Å². The molecule has 0 spiro atoms. The average Bonchev–Trinajstić information content (AvgIpc) is 3.28. The molecular formula is C21H19F3N4OS. The summed E-state index contributed by atoms with van der Waals surface area (Å²) < 4.78 is 40.4. The van der Waals surface area contributed by atoms with Crippen LogP contribution in [0.1, 0.15) is 46.2 Å². The summed E-state index contributed by atoms with van der Waals surface area (Å²) in [6.07, 6.45) is -0.0798. The molecule has 0 aromatic carbocycles. The molecule has 0 saturated carbocycles. The van der Waals surface area contributed by atoms with Gasteiger partial charge in [0.05, 0.1) is 10.6 Å². The SMILES string of the molecule is Cc1cnccc1C(=O)N1CCC[C@H](c2nc(-c3cccs3)cc(C(F)(F)F)n2)C1. The standard InChI is InChI=1S/C21H19F3N4OS/c1-13-11-25-7-6-15(13)20(29)28-8-2-4-14(12-28)19-26-16(17-5-3-9-30-17)10-18(27-19)21(22,23)24/h3,5-7,9-11,14H,2,4,8,12H2,1H3/t14-/m0/s1. The molecule has 1 fully saturated rings. The molecule has 1 amide bonds. The Hall–Kier alpha value is -2.81. The molecule has 0 bridgehead atoms. The van der Waals surface area contributed by atoms with Gasteiger partial charge in [0.25, 0.3) is 5.91 Å². The van der Waals surface area contributed by atoms with Gasteiger partial charge < -0.3 is 4.90 Å². The van der Waals surface area contributed by atoms with Crippen molar-refractivity contribution in [3.05, 3.63) is 64.7 Å². The molecule has 1 atom stereocenters. The number of nitrogens with zero attached hydrogens (tertiary/aromatic N) is 4. The number of rotatable bonds is 3. The third-order valence-electron chi connectivity index (χ3n) is 5.13. The number of pyridine rings is 1. The van der Waals surface area contributed by atoms with E-state index in [0.29, 0.717) is 29.8 Å². The summed E-state index contributed by atoms with van der Waals surface area (Å²) in [7, 11) is 0. The Labute approximate surface area is 175 Å². The van der Waals surface area contributed by atoms with Crippen LogP contribution >= 0.6 is 11.3 Å². The number of carbonyl (C=O) groups excluding carboxylic acids is 1. The second-order valence-corrected chi connectivity index (χ2v) is 8.20. The Morgan fingerprint density at radius 3 is 2.80 bits per heavy atom. The van der Waals surface area contributed by atoms with E-state index in [9.17, 15) is 18.0 Å². The number of halogens is 3. The molecule has 5 nitrogen and oxygen atoms in total. The Bertz CT molecular complexity index is 1050. The minimum atomic E-state index is -4.57. The zero-order valence-corrected chi connectivity index (χ0v) is 17.0. The van der Waals surface area contributed by atoms with Crippen molar-refractivity contribution < 1.29 is 18.0 Å². The van der Waals surface area contributed by atoms with Gasteiger partial charge in [0.15, 0.2) is 0 Å². The monoisotopic (exact) mass is 432 g/mol. The lowest BCUT2D eigenvalue weighted by Gasteiger charge is -2.32. The highest BCUT2D eigenvalue weighted by Gasteiger charge is 2.35. The topological polar surface area (TPSA) is 59.0 Å². The van der Waals surface area contributed by atoms with Gasteiger partial charge in [0.1, 0.15) is 11.5 Å². The molecule has 0 aliphatic carbocycles. The van der Waals surface area contributed by atoms with Crippen LogP contribution in [0.2, 0.25) is 0 Å². The van der Waals surface area contributed by atoms with Gasteiger partial charge in [0, 0.05) is 37.0 Å². The molecule has 3 aromatic rings. The lowest BCUT2D eigenvalue weighted by molar-refractivity contribution is -0.141. The first-order valence-corrected chi connectivity index (χ1v) is 10.4. The first-order chi connectivity index (χ1) is 14.3. The zero-order chi connectivity index (χ0) is 21.3. The number of alkyl halides is 3. The van der Waals surface area contributed by atoms with Crippen LogP contribution in [0, 0.1) is 6.92 Å².